The molecule has 0 aromatic carbocycles. The molecule has 1 aromatic rings. The van der Waals surface area contributed by atoms with E-state index in [0.29, 0.717) is 17.4 Å². The zero-order chi connectivity index (χ0) is 13.1. The van der Waals surface area contributed by atoms with Crippen molar-refractivity contribution in [3.63, 3.8) is 0 Å². The van der Waals surface area contributed by atoms with E-state index in [1.54, 1.807) is 0 Å². The molecule has 1 rings (SSSR count). The Morgan fingerprint density at radius 3 is 2.41 bits per heavy atom. The van der Waals surface area contributed by atoms with Gasteiger partial charge in [0.05, 0.1) is 0 Å². The molecule has 2 nitrogen and oxygen atoms in total. The molecule has 1 heterocycles. The lowest BCUT2D eigenvalue weighted by Gasteiger charge is -2.30. The van der Waals surface area contributed by atoms with Crippen molar-refractivity contribution in [1.29, 1.82) is 0 Å². The SMILES string of the molecule is CNC(CC(C)C(C)(C)C)c1cncc(C)c1. The van der Waals surface area contributed by atoms with Gasteiger partial charge in [-0.05, 0) is 42.9 Å². The number of pyridine rings is 1. The van der Waals surface area contributed by atoms with E-state index in [0.717, 1.165) is 6.42 Å². The Kier molecular flexibility index (Phi) is 4.70. The van der Waals surface area contributed by atoms with Crippen LogP contribution in [-0.2, 0) is 0 Å². The molecule has 2 atom stereocenters. The van der Waals surface area contributed by atoms with E-state index in [9.17, 15) is 0 Å². The van der Waals surface area contributed by atoms with Crippen molar-refractivity contribution in [2.24, 2.45) is 11.3 Å². The minimum absolute atomic E-state index is 0.354. The Balaban J connectivity index is 2.79. The molecule has 0 saturated carbocycles. The lowest BCUT2D eigenvalue weighted by atomic mass is 9.77. The molecule has 0 bridgehead atoms. The van der Waals surface area contributed by atoms with E-state index < -0.39 is 0 Å². The number of nitrogens with zero attached hydrogens (tertiary/aromatic N) is 1. The second-order valence-electron chi connectivity index (χ2n) is 6.14. The molecular weight excluding hydrogens is 208 g/mol. The number of nitrogens with one attached hydrogen (secondary N) is 1. The van der Waals surface area contributed by atoms with Crippen LogP contribution in [0.15, 0.2) is 18.5 Å². The van der Waals surface area contributed by atoms with Gasteiger partial charge in [0.1, 0.15) is 0 Å². The summed E-state index contributed by atoms with van der Waals surface area (Å²) in [6, 6.07) is 2.63. The molecule has 0 amide bonds. The first-order valence-corrected chi connectivity index (χ1v) is 6.43. The van der Waals surface area contributed by atoms with Crippen LogP contribution in [0.25, 0.3) is 0 Å². The average molecular weight is 234 g/mol. The van der Waals surface area contributed by atoms with E-state index in [1.165, 1.54) is 11.1 Å². The maximum atomic E-state index is 4.28. The van der Waals surface area contributed by atoms with Crippen molar-refractivity contribution in [1.82, 2.24) is 10.3 Å². The van der Waals surface area contributed by atoms with Crippen LogP contribution in [0.1, 0.15) is 51.3 Å². The van der Waals surface area contributed by atoms with E-state index in [2.05, 4.69) is 51.0 Å². The highest BCUT2D eigenvalue weighted by molar-refractivity contribution is 5.20. The molecule has 0 saturated heterocycles. The molecule has 96 valence electrons. The first kappa shape index (κ1) is 14.2. The monoisotopic (exact) mass is 234 g/mol. The number of aromatic nitrogens is 1. The lowest BCUT2D eigenvalue weighted by molar-refractivity contribution is 0.226. The Hall–Kier alpha value is -0.890. The van der Waals surface area contributed by atoms with Crippen LogP contribution < -0.4 is 5.32 Å². The highest BCUT2D eigenvalue weighted by Gasteiger charge is 2.23. The van der Waals surface area contributed by atoms with Gasteiger partial charge in [0, 0.05) is 18.4 Å². The van der Waals surface area contributed by atoms with Gasteiger partial charge in [0.25, 0.3) is 0 Å². The van der Waals surface area contributed by atoms with Crippen molar-refractivity contribution >= 4 is 0 Å². The molecule has 0 aliphatic carbocycles. The molecule has 1 aromatic heterocycles. The molecule has 2 heteroatoms. The zero-order valence-corrected chi connectivity index (χ0v) is 12.0. The summed E-state index contributed by atoms with van der Waals surface area (Å²) in [5.74, 6) is 0.667. The van der Waals surface area contributed by atoms with Crippen LogP contribution in [0.2, 0.25) is 0 Å². The van der Waals surface area contributed by atoms with Crippen molar-refractivity contribution in [2.75, 3.05) is 7.05 Å². The molecular formula is C15H26N2. The Bertz CT molecular complexity index is 352. The van der Waals surface area contributed by atoms with E-state index in [1.807, 2.05) is 19.4 Å². The number of hydrogen-bond acceptors (Lipinski definition) is 2. The Morgan fingerprint density at radius 1 is 1.29 bits per heavy atom. The van der Waals surface area contributed by atoms with Crippen LogP contribution in [0.3, 0.4) is 0 Å². The molecule has 0 aliphatic heterocycles. The maximum absolute atomic E-state index is 4.28. The summed E-state index contributed by atoms with van der Waals surface area (Å²) < 4.78 is 0. The zero-order valence-electron chi connectivity index (χ0n) is 12.0. The number of aryl methyl sites for hydroxylation is 1. The molecule has 17 heavy (non-hydrogen) atoms. The van der Waals surface area contributed by atoms with Crippen LogP contribution >= 0.6 is 0 Å². The van der Waals surface area contributed by atoms with Gasteiger partial charge in [0.15, 0.2) is 0 Å². The second kappa shape index (κ2) is 5.63. The van der Waals surface area contributed by atoms with E-state index in [-0.39, 0.29) is 0 Å². The number of rotatable bonds is 4. The minimum Gasteiger partial charge on any atom is -0.313 e. The van der Waals surface area contributed by atoms with Crippen molar-refractivity contribution in [2.45, 2.75) is 47.1 Å². The van der Waals surface area contributed by atoms with Crippen molar-refractivity contribution < 1.29 is 0 Å². The normalized spacial score (nSPS) is 15.6. The standard InChI is InChI=1S/C15H26N2/c1-11-7-13(10-17-9-11)14(16-6)8-12(2)15(3,4)5/h7,9-10,12,14,16H,8H2,1-6H3. The fourth-order valence-corrected chi connectivity index (χ4v) is 1.90. The fourth-order valence-electron chi connectivity index (χ4n) is 1.90. The highest BCUT2D eigenvalue weighted by Crippen LogP contribution is 2.33. The van der Waals surface area contributed by atoms with Crippen molar-refractivity contribution in [3.05, 3.63) is 29.6 Å². The number of hydrogen-bond donors (Lipinski definition) is 1. The van der Waals surface area contributed by atoms with Crippen molar-refractivity contribution in [3.8, 4) is 0 Å². The molecule has 2 unspecified atom stereocenters. The molecule has 0 fully saturated rings. The summed E-state index contributed by atoms with van der Waals surface area (Å²) in [7, 11) is 2.03. The largest absolute Gasteiger partial charge is 0.313 e. The summed E-state index contributed by atoms with van der Waals surface area (Å²) in [6.45, 7) is 11.3. The van der Waals surface area contributed by atoms with Gasteiger partial charge in [-0.25, -0.2) is 0 Å². The smallest absolute Gasteiger partial charge is 0.0335 e. The summed E-state index contributed by atoms with van der Waals surface area (Å²) in [5.41, 5.74) is 2.88. The van der Waals surface area contributed by atoms with Gasteiger partial charge in [-0.1, -0.05) is 33.8 Å². The van der Waals surface area contributed by atoms with Crippen LogP contribution in [0.5, 0.6) is 0 Å². The predicted molar refractivity (Wildman–Crippen MR) is 74.0 cm³/mol. The van der Waals surface area contributed by atoms with Crippen LogP contribution in [0.4, 0.5) is 0 Å². The fraction of sp³-hybridized carbons (Fsp3) is 0.667. The third-order valence-electron chi connectivity index (χ3n) is 3.71. The maximum Gasteiger partial charge on any atom is 0.0335 e. The van der Waals surface area contributed by atoms with Gasteiger partial charge >= 0.3 is 0 Å². The third kappa shape index (κ3) is 4.12. The summed E-state index contributed by atoms with van der Waals surface area (Å²) in [6.07, 6.45) is 5.03. The predicted octanol–water partition coefficient (Wildman–Crippen LogP) is 3.72. The summed E-state index contributed by atoms with van der Waals surface area (Å²) in [4.78, 5) is 4.28. The quantitative estimate of drug-likeness (QED) is 0.858. The van der Waals surface area contributed by atoms with Gasteiger partial charge in [-0.2, -0.15) is 0 Å². The van der Waals surface area contributed by atoms with E-state index in [4.69, 9.17) is 0 Å². The molecule has 0 aliphatic rings. The first-order valence-electron chi connectivity index (χ1n) is 6.43. The second-order valence-corrected chi connectivity index (χ2v) is 6.14. The molecule has 1 N–H and O–H groups in total. The van der Waals surface area contributed by atoms with E-state index >= 15 is 0 Å². The minimum atomic E-state index is 0.354. The molecule has 0 radical (unpaired) electrons. The van der Waals surface area contributed by atoms with Gasteiger partial charge in [0.2, 0.25) is 0 Å². The first-order chi connectivity index (χ1) is 7.84. The Labute approximate surface area is 106 Å². The van der Waals surface area contributed by atoms with Gasteiger partial charge < -0.3 is 5.32 Å². The summed E-state index contributed by atoms with van der Waals surface area (Å²) >= 11 is 0. The van der Waals surface area contributed by atoms with Gasteiger partial charge in [-0.15, -0.1) is 0 Å². The van der Waals surface area contributed by atoms with Crippen LogP contribution in [0, 0.1) is 18.3 Å². The summed E-state index contributed by atoms with van der Waals surface area (Å²) in [5, 5.41) is 3.41. The Morgan fingerprint density at radius 2 is 1.94 bits per heavy atom. The average Bonchev–Trinajstić information content (AvgIpc) is 2.24. The molecule has 0 spiro atoms. The highest BCUT2D eigenvalue weighted by atomic mass is 14.9. The topological polar surface area (TPSA) is 24.9 Å². The third-order valence-corrected chi connectivity index (χ3v) is 3.71. The van der Waals surface area contributed by atoms with Gasteiger partial charge in [-0.3, -0.25) is 4.98 Å². The van der Waals surface area contributed by atoms with Crippen LogP contribution in [-0.4, -0.2) is 12.0 Å². The lowest BCUT2D eigenvalue weighted by Crippen LogP contribution is -2.25.